The molecule has 0 aliphatic carbocycles. The fourth-order valence-corrected chi connectivity index (χ4v) is 1.24. The van der Waals surface area contributed by atoms with Crippen molar-refractivity contribution in [2.45, 2.75) is 13.0 Å². The Kier molecular flexibility index (Phi) is 4.18. The number of nitrogens with two attached hydrogens (primary N) is 1. The van der Waals surface area contributed by atoms with Crippen LogP contribution >= 0.6 is 0 Å². The maximum atomic E-state index is 5.77. The molecule has 1 aromatic rings. The normalized spacial score (nSPS) is 11.9. The molecule has 0 fully saturated rings. The summed E-state index contributed by atoms with van der Waals surface area (Å²) >= 11 is 0. The molecule has 0 radical (unpaired) electrons. The number of rotatable bonds is 5. The molecule has 0 saturated heterocycles. The fraction of sp³-hybridized carbons (Fsp3) is 0.333. The molecule has 0 saturated carbocycles. The van der Waals surface area contributed by atoms with Gasteiger partial charge in [-0.25, -0.2) is 0 Å². The highest BCUT2D eigenvalue weighted by atomic mass is 16.5. The first-order chi connectivity index (χ1) is 7.19. The largest absolute Gasteiger partial charge is 0.493 e. The van der Waals surface area contributed by atoms with Crippen molar-refractivity contribution in [2.24, 2.45) is 5.73 Å². The number of benzene rings is 1. The zero-order valence-electron chi connectivity index (χ0n) is 9.19. The summed E-state index contributed by atoms with van der Waals surface area (Å²) in [7, 11) is 1.61. The SMILES string of the molecule is C=CCOc1ccc([C@H](C)N)cc1OC. The quantitative estimate of drug-likeness (QED) is 0.753. The average Bonchev–Trinajstić information content (AvgIpc) is 2.25. The monoisotopic (exact) mass is 207 g/mol. The minimum absolute atomic E-state index is 0.00708. The predicted molar refractivity (Wildman–Crippen MR) is 61.3 cm³/mol. The van der Waals surface area contributed by atoms with Gasteiger partial charge in [-0.1, -0.05) is 18.7 Å². The van der Waals surface area contributed by atoms with Crippen LogP contribution < -0.4 is 15.2 Å². The molecule has 3 heteroatoms. The van der Waals surface area contributed by atoms with Crippen LogP contribution in [0.5, 0.6) is 11.5 Å². The van der Waals surface area contributed by atoms with Gasteiger partial charge < -0.3 is 15.2 Å². The molecule has 0 bridgehead atoms. The lowest BCUT2D eigenvalue weighted by Gasteiger charge is -2.12. The smallest absolute Gasteiger partial charge is 0.161 e. The summed E-state index contributed by atoms with van der Waals surface area (Å²) in [5.74, 6) is 1.41. The Morgan fingerprint density at radius 3 is 2.73 bits per heavy atom. The van der Waals surface area contributed by atoms with Gasteiger partial charge in [0, 0.05) is 6.04 Å². The van der Waals surface area contributed by atoms with Crippen molar-refractivity contribution in [1.82, 2.24) is 0 Å². The van der Waals surface area contributed by atoms with E-state index in [1.165, 1.54) is 0 Å². The first-order valence-corrected chi connectivity index (χ1v) is 4.86. The predicted octanol–water partition coefficient (Wildman–Crippen LogP) is 2.28. The third-order valence-electron chi connectivity index (χ3n) is 2.07. The number of methoxy groups -OCH3 is 1. The molecule has 3 nitrogen and oxygen atoms in total. The first-order valence-electron chi connectivity index (χ1n) is 4.86. The van der Waals surface area contributed by atoms with Crippen LogP contribution in [0.4, 0.5) is 0 Å². The molecule has 82 valence electrons. The molecule has 0 aromatic heterocycles. The standard InChI is InChI=1S/C12H17NO2/c1-4-7-15-11-6-5-10(9(2)13)8-12(11)14-3/h4-6,8-9H,1,7,13H2,2-3H3/t9-/m0/s1. The zero-order valence-corrected chi connectivity index (χ0v) is 9.19. The third-order valence-corrected chi connectivity index (χ3v) is 2.07. The van der Waals surface area contributed by atoms with Crippen molar-refractivity contribution in [2.75, 3.05) is 13.7 Å². The molecule has 15 heavy (non-hydrogen) atoms. The van der Waals surface area contributed by atoms with Crippen molar-refractivity contribution in [3.8, 4) is 11.5 Å². The van der Waals surface area contributed by atoms with E-state index in [2.05, 4.69) is 6.58 Å². The summed E-state index contributed by atoms with van der Waals surface area (Å²) in [6.45, 7) is 5.99. The van der Waals surface area contributed by atoms with Gasteiger partial charge in [0.15, 0.2) is 11.5 Å². The Morgan fingerprint density at radius 1 is 1.47 bits per heavy atom. The second-order valence-electron chi connectivity index (χ2n) is 3.30. The average molecular weight is 207 g/mol. The summed E-state index contributed by atoms with van der Waals surface area (Å²) in [5, 5.41) is 0. The van der Waals surface area contributed by atoms with Crippen molar-refractivity contribution >= 4 is 0 Å². The van der Waals surface area contributed by atoms with E-state index in [4.69, 9.17) is 15.2 Å². The van der Waals surface area contributed by atoms with E-state index in [9.17, 15) is 0 Å². The highest BCUT2D eigenvalue weighted by Crippen LogP contribution is 2.29. The molecule has 2 N–H and O–H groups in total. The molecule has 1 atom stereocenters. The van der Waals surface area contributed by atoms with Crippen molar-refractivity contribution in [3.05, 3.63) is 36.4 Å². The minimum Gasteiger partial charge on any atom is -0.493 e. The van der Waals surface area contributed by atoms with Crippen LogP contribution in [-0.2, 0) is 0 Å². The number of hydrogen-bond donors (Lipinski definition) is 1. The van der Waals surface area contributed by atoms with Crippen LogP contribution in [0.2, 0.25) is 0 Å². The van der Waals surface area contributed by atoms with Crippen LogP contribution in [0.15, 0.2) is 30.9 Å². The molecule has 0 heterocycles. The maximum Gasteiger partial charge on any atom is 0.161 e. The lowest BCUT2D eigenvalue weighted by atomic mass is 10.1. The molecular weight excluding hydrogens is 190 g/mol. The summed E-state index contributed by atoms with van der Waals surface area (Å²) in [6, 6.07) is 5.68. The van der Waals surface area contributed by atoms with E-state index >= 15 is 0 Å². The lowest BCUT2D eigenvalue weighted by molar-refractivity contribution is 0.326. The molecule has 0 unspecified atom stereocenters. The van der Waals surface area contributed by atoms with Crippen LogP contribution in [0, 0.1) is 0 Å². The van der Waals surface area contributed by atoms with E-state index in [1.807, 2.05) is 25.1 Å². The van der Waals surface area contributed by atoms with Gasteiger partial charge in [0.05, 0.1) is 7.11 Å². The van der Waals surface area contributed by atoms with Gasteiger partial charge >= 0.3 is 0 Å². The Morgan fingerprint density at radius 2 is 2.20 bits per heavy atom. The van der Waals surface area contributed by atoms with Crippen LogP contribution in [-0.4, -0.2) is 13.7 Å². The van der Waals surface area contributed by atoms with Crippen LogP contribution in [0.3, 0.4) is 0 Å². The second kappa shape index (κ2) is 5.41. The van der Waals surface area contributed by atoms with Gasteiger partial charge in [0.25, 0.3) is 0 Å². The van der Waals surface area contributed by atoms with Gasteiger partial charge in [0.1, 0.15) is 6.61 Å². The van der Waals surface area contributed by atoms with Gasteiger partial charge in [0.2, 0.25) is 0 Å². The van der Waals surface area contributed by atoms with Gasteiger partial charge in [-0.05, 0) is 24.6 Å². The molecule has 1 rings (SSSR count). The van der Waals surface area contributed by atoms with Crippen molar-refractivity contribution in [1.29, 1.82) is 0 Å². The molecule has 1 aromatic carbocycles. The maximum absolute atomic E-state index is 5.77. The molecule has 0 amide bonds. The molecular formula is C12H17NO2. The first kappa shape index (κ1) is 11.6. The van der Waals surface area contributed by atoms with Crippen LogP contribution in [0.25, 0.3) is 0 Å². The van der Waals surface area contributed by atoms with Crippen molar-refractivity contribution < 1.29 is 9.47 Å². The Labute approximate surface area is 90.5 Å². The van der Waals surface area contributed by atoms with E-state index < -0.39 is 0 Å². The lowest BCUT2D eigenvalue weighted by Crippen LogP contribution is -2.05. The highest BCUT2D eigenvalue weighted by Gasteiger charge is 2.07. The Hall–Kier alpha value is -1.48. The summed E-state index contributed by atoms with van der Waals surface area (Å²) in [6.07, 6.45) is 1.69. The van der Waals surface area contributed by atoms with Gasteiger partial charge in [-0.2, -0.15) is 0 Å². The molecule has 0 aliphatic heterocycles. The van der Waals surface area contributed by atoms with E-state index in [0.29, 0.717) is 18.1 Å². The molecule has 0 aliphatic rings. The third kappa shape index (κ3) is 2.99. The van der Waals surface area contributed by atoms with Gasteiger partial charge in [-0.3, -0.25) is 0 Å². The van der Waals surface area contributed by atoms with E-state index in [-0.39, 0.29) is 6.04 Å². The fourth-order valence-electron chi connectivity index (χ4n) is 1.24. The summed E-state index contributed by atoms with van der Waals surface area (Å²) < 4.78 is 10.6. The number of hydrogen-bond acceptors (Lipinski definition) is 3. The zero-order chi connectivity index (χ0) is 11.3. The van der Waals surface area contributed by atoms with E-state index in [0.717, 1.165) is 5.56 Å². The second-order valence-corrected chi connectivity index (χ2v) is 3.30. The number of ether oxygens (including phenoxy) is 2. The molecule has 0 spiro atoms. The van der Waals surface area contributed by atoms with Gasteiger partial charge in [-0.15, -0.1) is 0 Å². The topological polar surface area (TPSA) is 44.5 Å². The summed E-state index contributed by atoms with van der Waals surface area (Å²) in [4.78, 5) is 0. The Bertz CT molecular complexity index is 334. The minimum atomic E-state index is -0.00708. The van der Waals surface area contributed by atoms with E-state index in [1.54, 1.807) is 13.2 Å². The van der Waals surface area contributed by atoms with Crippen molar-refractivity contribution in [3.63, 3.8) is 0 Å². The van der Waals surface area contributed by atoms with Crippen LogP contribution in [0.1, 0.15) is 18.5 Å². The Balaban J connectivity index is 2.92. The highest BCUT2D eigenvalue weighted by molar-refractivity contribution is 5.43. The summed E-state index contributed by atoms with van der Waals surface area (Å²) in [5.41, 5.74) is 6.80.